The first-order valence-corrected chi connectivity index (χ1v) is 4.38. The number of nitrogens with one attached hydrogen (secondary N) is 1. The maximum atomic E-state index is 10.9. The molecule has 3 N–H and O–H groups in total. The van der Waals surface area contributed by atoms with Crippen molar-refractivity contribution in [2.24, 2.45) is 5.84 Å². The molecular weight excluding hydrogens is 212 g/mol. The standard InChI is InChI=1S/C8H8N6O2/c9-12-6(15)3-7-13-14-8(16-7)5-4-10-1-2-11-5/h1-2,4H,3,9H2,(H,12,15). The third-order valence-electron chi connectivity index (χ3n) is 1.72. The summed E-state index contributed by atoms with van der Waals surface area (Å²) in [6.45, 7) is 0. The zero-order valence-corrected chi connectivity index (χ0v) is 8.12. The highest BCUT2D eigenvalue weighted by Crippen LogP contribution is 2.13. The largest absolute Gasteiger partial charge is 0.419 e. The van der Waals surface area contributed by atoms with Crippen molar-refractivity contribution in [1.82, 2.24) is 25.6 Å². The Balaban J connectivity index is 2.17. The normalized spacial score (nSPS) is 10.1. The molecule has 0 aromatic carbocycles. The van der Waals surface area contributed by atoms with Crippen LogP contribution in [0, 0.1) is 0 Å². The second kappa shape index (κ2) is 4.45. The Bertz CT molecular complexity index is 482. The van der Waals surface area contributed by atoms with Crippen LogP contribution in [0.15, 0.2) is 23.0 Å². The summed E-state index contributed by atoms with van der Waals surface area (Å²) < 4.78 is 5.20. The molecule has 0 aliphatic heterocycles. The minimum absolute atomic E-state index is 0.0657. The molecule has 0 atom stereocenters. The Labute approximate surface area is 89.9 Å². The van der Waals surface area contributed by atoms with Gasteiger partial charge in [-0.05, 0) is 0 Å². The van der Waals surface area contributed by atoms with Gasteiger partial charge in [0.25, 0.3) is 5.89 Å². The van der Waals surface area contributed by atoms with Gasteiger partial charge < -0.3 is 4.42 Å². The number of hydrazine groups is 1. The number of rotatable bonds is 3. The van der Waals surface area contributed by atoms with Crippen molar-refractivity contribution < 1.29 is 9.21 Å². The molecule has 2 rings (SSSR count). The smallest absolute Gasteiger partial charge is 0.267 e. The second-order valence-electron chi connectivity index (χ2n) is 2.84. The maximum Gasteiger partial charge on any atom is 0.267 e. The van der Waals surface area contributed by atoms with E-state index in [0.29, 0.717) is 5.69 Å². The third kappa shape index (κ3) is 2.17. The van der Waals surface area contributed by atoms with E-state index < -0.39 is 5.91 Å². The van der Waals surface area contributed by atoms with Crippen molar-refractivity contribution >= 4 is 5.91 Å². The number of carbonyl (C=O) groups excluding carboxylic acids is 1. The Hall–Kier alpha value is -2.35. The van der Waals surface area contributed by atoms with E-state index in [1.165, 1.54) is 18.6 Å². The van der Waals surface area contributed by atoms with Crippen LogP contribution in [0.4, 0.5) is 0 Å². The number of hydrogen-bond acceptors (Lipinski definition) is 7. The highest BCUT2D eigenvalue weighted by atomic mass is 16.4. The zero-order valence-electron chi connectivity index (χ0n) is 8.12. The van der Waals surface area contributed by atoms with E-state index in [0.717, 1.165) is 0 Å². The highest BCUT2D eigenvalue weighted by molar-refractivity contribution is 5.76. The van der Waals surface area contributed by atoms with E-state index in [4.69, 9.17) is 10.3 Å². The monoisotopic (exact) mass is 220 g/mol. The highest BCUT2D eigenvalue weighted by Gasteiger charge is 2.12. The number of nitrogens with two attached hydrogens (primary N) is 1. The van der Waals surface area contributed by atoms with Crippen molar-refractivity contribution in [2.75, 3.05) is 0 Å². The fourth-order valence-electron chi connectivity index (χ4n) is 1.03. The van der Waals surface area contributed by atoms with Gasteiger partial charge >= 0.3 is 0 Å². The summed E-state index contributed by atoms with van der Waals surface area (Å²) in [6, 6.07) is 0. The zero-order chi connectivity index (χ0) is 11.4. The summed E-state index contributed by atoms with van der Waals surface area (Å²) in [6.07, 6.45) is 4.46. The molecule has 0 aliphatic rings. The third-order valence-corrected chi connectivity index (χ3v) is 1.72. The molecule has 0 spiro atoms. The summed E-state index contributed by atoms with van der Waals surface area (Å²) in [5, 5.41) is 7.41. The first-order chi connectivity index (χ1) is 7.79. The quantitative estimate of drug-likeness (QED) is 0.389. The molecule has 2 aromatic heterocycles. The first kappa shape index (κ1) is 10.2. The minimum atomic E-state index is -0.408. The molecule has 16 heavy (non-hydrogen) atoms. The van der Waals surface area contributed by atoms with Crippen LogP contribution in [0.25, 0.3) is 11.6 Å². The molecule has 8 nitrogen and oxygen atoms in total. The predicted molar refractivity (Wildman–Crippen MR) is 51.4 cm³/mol. The van der Waals surface area contributed by atoms with E-state index in [1.54, 1.807) is 0 Å². The number of aromatic nitrogens is 4. The predicted octanol–water partition coefficient (Wildman–Crippen LogP) is -0.941. The van der Waals surface area contributed by atoms with Gasteiger partial charge in [-0.1, -0.05) is 0 Å². The van der Waals surface area contributed by atoms with Gasteiger partial charge in [-0.15, -0.1) is 10.2 Å². The molecule has 0 bridgehead atoms. The second-order valence-corrected chi connectivity index (χ2v) is 2.84. The average molecular weight is 220 g/mol. The lowest BCUT2D eigenvalue weighted by Gasteiger charge is -1.93. The summed E-state index contributed by atoms with van der Waals surface area (Å²) in [5.74, 6) is 4.90. The van der Waals surface area contributed by atoms with Crippen LogP contribution in [0.3, 0.4) is 0 Å². The number of amides is 1. The maximum absolute atomic E-state index is 10.9. The van der Waals surface area contributed by atoms with Gasteiger partial charge in [-0.25, -0.2) is 10.8 Å². The molecular formula is C8H8N6O2. The van der Waals surface area contributed by atoms with E-state index in [-0.39, 0.29) is 18.2 Å². The SMILES string of the molecule is NNC(=O)Cc1nnc(-c2cnccn2)o1. The summed E-state index contributed by atoms with van der Waals surface area (Å²) in [7, 11) is 0. The Morgan fingerprint density at radius 1 is 1.44 bits per heavy atom. The van der Waals surface area contributed by atoms with Crippen molar-refractivity contribution in [3.8, 4) is 11.6 Å². The van der Waals surface area contributed by atoms with Gasteiger partial charge in [-0.3, -0.25) is 15.2 Å². The first-order valence-electron chi connectivity index (χ1n) is 4.38. The van der Waals surface area contributed by atoms with E-state index >= 15 is 0 Å². The average Bonchev–Trinajstić information content (AvgIpc) is 2.78. The van der Waals surface area contributed by atoms with Crippen LogP contribution in [-0.2, 0) is 11.2 Å². The van der Waals surface area contributed by atoms with Crippen molar-refractivity contribution in [3.63, 3.8) is 0 Å². The number of carbonyl (C=O) groups is 1. The molecule has 0 saturated carbocycles. The van der Waals surface area contributed by atoms with Crippen molar-refractivity contribution in [3.05, 3.63) is 24.5 Å². The van der Waals surface area contributed by atoms with Crippen LogP contribution in [0.2, 0.25) is 0 Å². The summed E-state index contributed by atoms with van der Waals surface area (Å²) in [4.78, 5) is 18.8. The molecule has 0 saturated heterocycles. The van der Waals surface area contributed by atoms with Crippen molar-refractivity contribution in [2.45, 2.75) is 6.42 Å². The molecule has 0 unspecified atom stereocenters. The molecule has 2 aromatic rings. The fraction of sp³-hybridized carbons (Fsp3) is 0.125. The van der Waals surface area contributed by atoms with Crippen LogP contribution in [-0.4, -0.2) is 26.1 Å². The Kier molecular flexibility index (Phi) is 2.83. The van der Waals surface area contributed by atoms with E-state index in [2.05, 4.69) is 20.2 Å². The van der Waals surface area contributed by atoms with Gasteiger partial charge in [0.1, 0.15) is 12.1 Å². The minimum Gasteiger partial charge on any atom is -0.419 e. The molecule has 0 radical (unpaired) electrons. The van der Waals surface area contributed by atoms with Crippen LogP contribution in [0.1, 0.15) is 5.89 Å². The lowest BCUT2D eigenvalue weighted by atomic mass is 10.4. The lowest BCUT2D eigenvalue weighted by Crippen LogP contribution is -2.31. The van der Waals surface area contributed by atoms with E-state index in [1.807, 2.05) is 5.43 Å². The van der Waals surface area contributed by atoms with Gasteiger partial charge in [0.15, 0.2) is 0 Å². The lowest BCUT2D eigenvalue weighted by molar-refractivity contribution is -0.120. The Morgan fingerprint density at radius 3 is 3.00 bits per heavy atom. The molecule has 2 heterocycles. The van der Waals surface area contributed by atoms with Gasteiger partial charge in [-0.2, -0.15) is 0 Å². The fourth-order valence-corrected chi connectivity index (χ4v) is 1.03. The van der Waals surface area contributed by atoms with Crippen molar-refractivity contribution in [1.29, 1.82) is 0 Å². The molecule has 0 aliphatic carbocycles. The molecule has 8 heteroatoms. The van der Waals surface area contributed by atoms with E-state index in [9.17, 15) is 4.79 Å². The molecule has 82 valence electrons. The molecule has 0 fully saturated rings. The summed E-state index contributed by atoms with van der Waals surface area (Å²) in [5.41, 5.74) is 2.42. The van der Waals surface area contributed by atoms with Crippen LogP contribution < -0.4 is 11.3 Å². The van der Waals surface area contributed by atoms with Gasteiger partial charge in [0, 0.05) is 12.4 Å². The van der Waals surface area contributed by atoms with Crippen LogP contribution >= 0.6 is 0 Å². The van der Waals surface area contributed by atoms with Gasteiger partial charge in [0.2, 0.25) is 11.8 Å². The Morgan fingerprint density at radius 2 is 2.31 bits per heavy atom. The van der Waals surface area contributed by atoms with Crippen LogP contribution in [0.5, 0.6) is 0 Å². The summed E-state index contributed by atoms with van der Waals surface area (Å²) >= 11 is 0. The number of nitrogens with zero attached hydrogens (tertiary/aromatic N) is 4. The number of hydrogen-bond donors (Lipinski definition) is 2. The molecule has 1 amide bonds. The van der Waals surface area contributed by atoms with Gasteiger partial charge in [0.05, 0.1) is 6.20 Å². The topological polar surface area (TPSA) is 120 Å².